The molecule has 0 atom stereocenters. The molecule has 1 aromatic carbocycles. The highest BCUT2D eigenvalue weighted by Crippen LogP contribution is 2.25. The lowest BCUT2D eigenvalue weighted by Crippen LogP contribution is -1.98. The van der Waals surface area contributed by atoms with Gasteiger partial charge in [-0.2, -0.15) is 8.42 Å². The van der Waals surface area contributed by atoms with Crippen molar-refractivity contribution < 1.29 is 18.1 Å². The summed E-state index contributed by atoms with van der Waals surface area (Å²) in [5.41, 5.74) is 0. The van der Waals surface area contributed by atoms with E-state index in [1.54, 1.807) is 0 Å². The van der Waals surface area contributed by atoms with Gasteiger partial charge in [-0.05, 0) is 28.1 Å². The van der Waals surface area contributed by atoms with Crippen LogP contribution in [-0.2, 0) is 10.1 Å². The van der Waals surface area contributed by atoms with Crippen LogP contribution in [0, 0.1) is 0 Å². The molecular weight excluding hydrogens is 248 g/mol. The summed E-state index contributed by atoms with van der Waals surface area (Å²) in [6, 6.07) is 3.59. The first kappa shape index (κ1) is 9.50. The van der Waals surface area contributed by atoms with Gasteiger partial charge in [-0.1, -0.05) is 0 Å². The maximum absolute atomic E-state index is 10.6. The van der Waals surface area contributed by atoms with Crippen LogP contribution in [0.3, 0.4) is 0 Å². The predicted molar refractivity (Wildman–Crippen MR) is 45.6 cm³/mol. The number of phenols is 1. The second kappa shape index (κ2) is 3.04. The summed E-state index contributed by atoms with van der Waals surface area (Å²) in [6.45, 7) is 0. The zero-order valence-corrected chi connectivity index (χ0v) is 8.13. The van der Waals surface area contributed by atoms with E-state index in [1.165, 1.54) is 12.1 Å². The molecule has 0 aliphatic rings. The summed E-state index contributed by atoms with van der Waals surface area (Å²) in [4.78, 5) is -0.345. The Morgan fingerprint density at radius 3 is 2.33 bits per heavy atom. The molecule has 0 fully saturated rings. The SMILES string of the molecule is O=S(=O)(O)c1cc(O)ccc1Br. The third kappa shape index (κ3) is 1.96. The fraction of sp³-hybridized carbons (Fsp3) is 0. The highest BCUT2D eigenvalue weighted by Gasteiger charge is 2.14. The Balaban J connectivity index is 3.43. The first-order valence-corrected chi connectivity index (χ1v) is 5.10. The van der Waals surface area contributed by atoms with Gasteiger partial charge in [-0.25, -0.2) is 0 Å². The van der Waals surface area contributed by atoms with Crippen molar-refractivity contribution in [1.82, 2.24) is 0 Å². The van der Waals surface area contributed by atoms with Crippen molar-refractivity contribution in [2.75, 3.05) is 0 Å². The molecule has 66 valence electrons. The van der Waals surface area contributed by atoms with E-state index in [-0.39, 0.29) is 15.1 Å². The lowest BCUT2D eigenvalue weighted by Gasteiger charge is -2.00. The Hall–Kier alpha value is -0.590. The summed E-state index contributed by atoms with van der Waals surface area (Å²) < 4.78 is 30.1. The highest BCUT2D eigenvalue weighted by molar-refractivity contribution is 9.10. The van der Waals surface area contributed by atoms with Gasteiger partial charge in [0.2, 0.25) is 0 Å². The smallest absolute Gasteiger partial charge is 0.295 e. The summed E-state index contributed by atoms with van der Waals surface area (Å²) in [7, 11) is -4.26. The summed E-state index contributed by atoms with van der Waals surface area (Å²) in [5, 5.41) is 8.90. The molecule has 0 spiro atoms. The zero-order chi connectivity index (χ0) is 9.35. The molecule has 12 heavy (non-hydrogen) atoms. The number of halogens is 1. The molecule has 6 heteroatoms. The second-order valence-corrected chi connectivity index (χ2v) is 4.33. The van der Waals surface area contributed by atoms with E-state index < -0.39 is 10.1 Å². The lowest BCUT2D eigenvalue weighted by atomic mass is 10.3. The maximum atomic E-state index is 10.6. The van der Waals surface area contributed by atoms with Crippen molar-refractivity contribution in [1.29, 1.82) is 0 Å². The Bertz CT molecular complexity index is 398. The average molecular weight is 253 g/mol. The topological polar surface area (TPSA) is 74.6 Å². The molecule has 0 bridgehead atoms. The van der Waals surface area contributed by atoms with Gasteiger partial charge >= 0.3 is 0 Å². The van der Waals surface area contributed by atoms with Crippen LogP contribution in [-0.4, -0.2) is 18.1 Å². The average Bonchev–Trinajstić information content (AvgIpc) is 1.92. The van der Waals surface area contributed by atoms with Gasteiger partial charge in [-0.15, -0.1) is 0 Å². The maximum Gasteiger partial charge on any atom is 0.295 e. The minimum Gasteiger partial charge on any atom is -0.508 e. The minimum atomic E-state index is -4.26. The van der Waals surface area contributed by atoms with E-state index >= 15 is 0 Å². The standard InChI is InChI=1S/C6H5BrO4S/c7-5-2-1-4(8)3-6(5)12(9,10)11/h1-3,8H,(H,9,10,11). The van der Waals surface area contributed by atoms with Gasteiger partial charge < -0.3 is 5.11 Å². The molecule has 2 N–H and O–H groups in total. The second-order valence-electron chi connectivity index (χ2n) is 2.09. The van der Waals surface area contributed by atoms with Crippen molar-refractivity contribution in [3.05, 3.63) is 22.7 Å². The van der Waals surface area contributed by atoms with Crippen molar-refractivity contribution in [2.45, 2.75) is 4.90 Å². The molecule has 0 radical (unpaired) electrons. The third-order valence-corrected chi connectivity index (χ3v) is 3.04. The molecule has 1 rings (SSSR count). The first-order valence-electron chi connectivity index (χ1n) is 2.87. The van der Waals surface area contributed by atoms with Crippen molar-refractivity contribution in [3.8, 4) is 5.75 Å². The van der Waals surface area contributed by atoms with Gasteiger partial charge in [0.15, 0.2) is 0 Å². The monoisotopic (exact) mass is 252 g/mol. The first-order chi connectivity index (χ1) is 5.41. The Morgan fingerprint density at radius 2 is 1.92 bits per heavy atom. The van der Waals surface area contributed by atoms with Crippen LogP contribution in [0.1, 0.15) is 0 Å². The minimum absolute atomic E-state index is 0.211. The Labute approximate surface area is 77.7 Å². The number of rotatable bonds is 1. The van der Waals surface area contributed by atoms with Crippen molar-refractivity contribution in [3.63, 3.8) is 0 Å². The van der Waals surface area contributed by atoms with Gasteiger partial charge in [0, 0.05) is 10.5 Å². The van der Waals surface area contributed by atoms with Gasteiger partial charge in [-0.3, -0.25) is 4.55 Å². The molecule has 0 saturated carbocycles. The molecule has 0 unspecified atom stereocenters. The van der Waals surface area contributed by atoms with Crippen LogP contribution < -0.4 is 0 Å². The number of aromatic hydroxyl groups is 1. The van der Waals surface area contributed by atoms with Crippen LogP contribution in [0.5, 0.6) is 5.75 Å². The highest BCUT2D eigenvalue weighted by atomic mass is 79.9. The molecular formula is C6H5BrO4S. The molecule has 0 amide bonds. The van der Waals surface area contributed by atoms with Crippen molar-refractivity contribution >= 4 is 26.0 Å². The predicted octanol–water partition coefficient (Wildman–Crippen LogP) is 1.40. The largest absolute Gasteiger partial charge is 0.508 e. The fourth-order valence-corrected chi connectivity index (χ4v) is 2.13. The van der Waals surface area contributed by atoms with Crippen LogP contribution in [0.2, 0.25) is 0 Å². The normalized spacial score (nSPS) is 11.5. The van der Waals surface area contributed by atoms with Gasteiger partial charge in [0.1, 0.15) is 10.6 Å². The summed E-state index contributed by atoms with van der Waals surface area (Å²) >= 11 is 2.92. The Morgan fingerprint density at radius 1 is 1.33 bits per heavy atom. The Kier molecular flexibility index (Phi) is 2.41. The van der Waals surface area contributed by atoms with E-state index in [4.69, 9.17) is 9.66 Å². The number of hydrogen-bond acceptors (Lipinski definition) is 3. The summed E-state index contributed by atoms with van der Waals surface area (Å²) in [5.74, 6) is -0.217. The molecule has 0 aliphatic carbocycles. The van der Waals surface area contributed by atoms with Crippen LogP contribution in [0.15, 0.2) is 27.6 Å². The molecule has 0 heterocycles. The summed E-state index contributed by atoms with van der Waals surface area (Å²) in [6.07, 6.45) is 0. The molecule has 1 aromatic rings. The molecule has 4 nitrogen and oxygen atoms in total. The quantitative estimate of drug-likeness (QED) is 0.742. The van der Waals surface area contributed by atoms with Crippen LogP contribution >= 0.6 is 15.9 Å². The third-order valence-electron chi connectivity index (χ3n) is 1.19. The number of hydrogen-bond donors (Lipinski definition) is 2. The zero-order valence-electron chi connectivity index (χ0n) is 5.73. The fourth-order valence-electron chi connectivity index (χ4n) is 0.690. The van der Waals surface area contributed by atoms with Gasteiger partial charge in [0.05, 0.1) is 0 Å². The van der Waals surface area contributed by atoms with E-state index in [1.807, 2.05) is 0 Å². The molecule has 0 saturated heterocycles. The number of phenolic OH excluding ortho intramolecular Hbond substituents is 1. The molecule has 0 aromatic heterocycles. The van der Waals surface area contributed by atoms with Crippen LogP contribution in [0.25, 0.3) is 0 Å². The van der Waals surface area contributed by atoms with E-state index in [2.05, 4.69) is 15.9 Å². The molecule has 0 aliphatic heterocycles. The van der Waals surface area contributed by atoms with Crippen LogP contribution in [0.4, 0.5) is 0 Å². The van der Waals surface area contributed by atoms with Crippen molar-refractivity contribution in [2.24, 2.45) is 0 Å². The number of benzene rings is 1. The van der Waals surface area contributed by atoms with Gasteiger partial charge in [0.25, 0.3) is 10.1 Å². The van der Waals surface area contributed by atoms with E-state index in [9.17, 15) is 8.42 Å². The lowest BCUT2D eigenvalue weighted by molar-refractivity contribution is 0.465. The van der Waals surface area contributed by atoms with E-state index in [0.717, 1.165) is 6.07 Å². The van der Waals surface area contributed by atoms with E-state index in [0.29, 0.717) is 0 Å².